The van der Waals surface area contributed by atoms with Crippen LogP contribution in [0.1, 0.15) is 24.6 Å². The number of carboxylic acid groups (broad SMARTS) is 1. The van der Waals surface area contributed by atoms with E-state index in [1.807, 2.05) is 42.5 Å². The average Bonchev–Trinajstić information content (AvgIpc) is 3.19. The molecule has 0 unspecified atom stereocenters. The summed E-state index contributed by atoms with van der Waals surface area (Å²) in [7, 11) is 0. The lowest BCUT2D eigenvalue weighted by Crippen LogP contribution is -2.19. The Hall–Kier alpha value is -3.85. The second-order valence-corrected chi connectivity index (χ2v) is 5.67. The lowest BCUT2D eigenvalue weighted by atomic mass is 10.1. The number of carboxylic acids is 1. The van der Waals surface area contributed by atoms with Crippen LogP contribution in [0, 0.1) is 11.8 Å². The maximum atomic E-state index is 11.9. The maximum absolute atomic E-state index is 11.9. The van der Waals surface area contributed by atoms with E-state index < -0.39 is 5.97 Å². The number of hydrogen-bond acceptors (Lipinski definition) is 4. The quantitative estimate of drug-likeness (QED) is 0.508. The Labute approximate surface area is 154 Å². The number of H-pyrrole nitrogens is 2. The molecule has 2 N–H and O–H groups in total. The molecule has 3 aromatic heterocycles. The van der Waals surface area contributed by atoms with Crippen LogP contribution in [0.4, 0.5) is 0 Å². The van der Waals surface area contributed by atoms with Gasteiger partial charge in [-0.15, -0.1) is 0 Å². The van der Waals surface area contributed by atoms with Gasteiger partial charge in [-0.2, -0.15) is 0 Å². The van der Waals surface area contributed by atoms with Crippen molar-refractivity contribution in [1.29, 1.82) is 0 Å². The van der Waals surface area contributed by atoms with Gasteiger partial charge in [0, 0.05) is 40.2 Å². The van der Waals surface area contributed by atoms with Gasteiger partial charge in [0.2, 0.25) is 0 Å². The van der Waals surface area contributed by atoms with Crippen LogP contribution in [-0.4, -0.2) is 20.9 Å². The first-order chi connectivity index (χ1) is 13.1. The van der Waals surface area contributed by atoms with E-state index in [1.54, 1.807) is 12.4 Å². The van der Waals surface area contributed by atoms with Crippen molar-refractivity contribution in [2.45, 2.75) is 13.3 Å². The molecule has 0 fully saturated rings. The van der Waals surface area contributed by atoms with Gasteiger partial charge in [-0.25, -0.2) is 4.98 Å². The Balaban J connectivity index is 0.000000376. The summed E-state index contributed by atoms with van der Waals surface area (Å²) in [6.07, 6.45) is 3.60. The van der Waals surface area contributed by atoms with Gasteiger partial charge >= 0.3 is 0 Å². The highest BCUT2D eigenvalue weighted by molar-refractivity contribution is 6.04. The molecule has 0 aliphatic carbocycles. The Kier molecular flexibility index (Phi) is 5.33. The van der Waals surface area contributed by atoms with Crippen LogP contribution < -0.4 is 10.7 Å². The van der Waals surface area contributed by atoms with Crippen molar-refractivity contribution in [2.24, 2.45) is 0 Å². The molecule has 0 atom stereocenters. The fraction of sp³-hybridized carbons (Fsp3) is 0.0952. The zero-order valence-corrected chi connectivity index (χ0v) is 14.6. The van der Waals surface area contributed by atoms with Crippen molar-refractivity contribution in [3.05, 3.63) is 76.5 Å². The summed E-state index contributed by atoms with van der Waals surface area (Å²) >= 11 is 0. The number of carbonyl (C=O) groups is 1. The second-order valence-electron chi connectivity index (χ2n) is 5.67. The lowest BCUT2D eigenvalue weighted by molar-refractivity contribution is -0.305. The Morgan fingerprint density at radius 2 is 1.96 bits per heavy atom. The van der Waals surface area contributed by atoms with Crippen molar-refractivity contribution in [3.63, 3.8) is 0 Å². The van der Waals surface area contributed by atoms with Crippen molar-refractivity contribution < 1.29 is 9.90 Å². The summed E-state index contributed by atoms with van der Waals surface area (Å²) in [6.45, 7) is 1.54. The standard InChI is InChI=1S/C18H11N3O.C3H6O2/c22-18-17-14(8-10-20-17)15-11-12(5-7-16(15)21-18)4-6-13-3-1-2-9-19-13;1-2-3(4)5/h1-3,5,7-11,20H,(H,21,22);2H2,1H3,(H,4,5)/p-1. The van der Waals surface area contributed by atoms with Crippen molar-refractivity contribution in [3.8, 4) is 11.8 Å². The molecular formula is C21H16N3O3-. The average molecular weight is 358 g/mol. The molecule has 0 aliphatic rings. The van der Waals surface area contributed by atoms with Gasteiger partial charge in [0.1, 0.15) is 11.2 Å². The largest absolute Gasteiger partial charge is 0.550 e. The van der Waals surface area contributed by atoms with E-state index in [2.05, 4.69) is 26.8 Å². The third-order valence-corrected chi connectivity index (χ3v) is 3.82. The van der Waals surface area contributed by atoms with E-state index in [1.165, 1.54) is 6.92 Å². The topological polar surface area (TPSA) is 102 Å². The number of nitrogens with zero attached hydrogens (tertiary/aromatic N) is 1. The minimum Gasteiger partial charge on any atom is -0.550 e. The summed E-state index contributed by atoms with van der Waals surface area (Å²) in [5.41, 5.74) is 2.89. The van der Waals surface area contributed by atoms with Crippen molar-refractivity contribution >= 4 is 27.8 Å². The Bertz CT molecular complexity index is 1210. The summed E-state index contributed by atoms with van der Waals surface area (Å²) < 4.78 is 0. The first-order valence-electron chi connectivity index (χ1n) is 8.34. The minimum atomic E-state index is -0.995. The molecule has 3 heterocycles. The fourth-order valence-electron chi connectivity index (χ4n) is 2.49. The van der Waals surface area contributed by atoms with E-state index in [4.69, 9.17) is 0 Å². The van der Waals surface area contributed by atoms with Crippen LogP contribution in [0.15, 0.2) is 59.7 Å². The number of pyridine rings is 2. The van der Waals surface area contributed by atoms with E-state index in [-0.39, 0.29) is 12.0 Å². The van der Waals surface area contributed by atoms with Gasteiger partial charge in [0.05, 0.1) is 0 Å². The normalized spacial score (nSPS) is 9.96. The minimum absolute atomic E-state index is 0.111. The van der Waals surface area contributed by atoms with Gasteiger partial charge < -0.3 is 19.9 Å². The van der Waals surface area contributed by atoms with E-state index in [0.717, 1.165) is 27.5 Å². The molecule has 0 saturated carbocycles. The number of rotatable bonds is 1. The molecule has 4 rings (SSSR count). The lowest BCUT2D eigenvalue weighted by Gasteiger charge is -2.00. The molecular weight excluding hydrogens is 342 g/mol. The number of benzene rings is 1. The number of nitrogens with one attached hydrogen (secondary N) is 2. The van der Waals surface area contributed by atoms with Crippen LogP contribution in [0.25, 0.3) is 21.8 Å². The molecule has 134 valence electrons. The Morgan fingerprint density at radius 1 is 1.15 bits per heavy atom. The third kappa shape index (κ3) is 4.22. The van der Waals surface area contributed by atoms with E-state index in [9.17, 15) is 14.7 Å². The van der Waals surface area contributed by atoms with Crippen LogP contribution in [0.2, 0.25) is 0 Å². The molecule has 6 nitrogen and oxygen atoms in total. The molecule has 1 aromatic carbocycles. The molecule has 27 heavy (non-hydrogen) atoms. The van der Waals surface area contributed by atoms with Crippen LogP contribution in [-0.2, 0) is 4.79 Å². The first kappa shape index (κ1) is 18.0. The van der Waals surface area contributed by atoms with Gasteiger partial charge in [0.25, 0.3) is 5.56 Å². The highest BCUT2D eigenvalue weighted by Crippen LogP contribution is 2.21. The Morgan fingerprint density at radius 3 is 2.67 bits per heavy atom. The molecule has 0 amide bonds. The second kappa shape index (κ2) is 8.02. The zero-order chi connectivity index (χ0) is 19.2. The zero-order valence-electron chi connectivity index (χ0n) is 14.6. The highest BCUT2D eigenvalue weighted by Gasteiger charge is 2.05. The number of carbonyl (C=O) groups excluding carboxylic acids is 1. The summed E-state index contributed by atoms with van der Waals surface area (Å²) in [5.74, 6) is 5.15. The van der Waals surface area contributed by atoms with E-state index in [0.29, 0.717) is 5.52 Å². The molecule has 4 aromatic rings. The van der Waals surface area contributed by atoms with Gasteiger partial charge in [-0.05, 0) is 48.7 Å². The predicted molar refractivity (Wildman–Crippen MR) is 102 cm³/mol. The summed E-state index contributed by atoms with van der Waals surface area (Å²) in [5, 5.41) is 11.1. The molecule has 0 spiro atoms. The molecule has 0 radical (unpaired) electrons. The number of aliphatic carboxylic acids is 1. The first-order valence-corrected chi connectivity index (χ1v) is 8.34. The van der Waals surface area contributed by atoms with Crippen LogP contribution in [0.5, 0.6) is 0 Å². The molecule has 0 bridgehead atoms. The maximum Gasteiger partial charge on any atom is 0.272 e. The van der Waals surface area contributed by atoms with Crippen molar-refractivity contribution in [2.75, 3.05) is 0 Å². The number of aromatic nitrogens is 3. The number of aromatic amines is 2. The van der Waals surface area contributed by atoms with Crippen molar-refractivity contribution in [1.82, 2.24) is 15.0 Å². The smallest absolute Gasteiger partial charge is 0.272 e. The molecule has 0 aliphatic heterocycles. The van der Waals surface area contributed by atoms with Gasteiger partial charge in [-0.3, -0.25) is 4.79 Å². The summed E-state index contributed by atoms with van der Waals surface area (Å²) in [6, 6.07) is 13.3. The van der Waals surface area contributed by atoms with Crippen LogP contribution >= 0.6 is 0 Å². The van der Waals surface area contributed by atoms with E-state index >= 15 is 0 Å². The van der Waals surface area contributed by atoms with Gasteiger partial charge in [-0.1, -0.05) is 18.9 Å². The third-order valence-electron chi connectivity index (χ3n) is 3.82. The monoisotopic (exact) mass is 358 g/mol. The fourth-order valence-corrected chi connectivity index (χ4v) is 2.49. The number of hydrogen-bond donors (Lipinski definition) is 2. The molecule has 6 heteroatoms. The van der Waals surface area contributed by atoms with Crippen LogP contribution in [0.3, 0.4) is 0 Å². The predicted octanol–water partition coefficient (Wildman–Crippen LogP) is 1.95. The summed E-state index contributed by atoms with van der Waals surface area (Å²) in [4.78, 5) is 31.2. The highest BCUT2D eigenvalue weighted by atomic mass is 16.4. The number of fused-ring (bicyclic) bond motifs is 3. The molecule has 0 saturated heterocycles. The SMILES string of the molecule is CCC(=O)[O-].O=c1[nH]c2ccc(C#Cc3ccccn3)cc2c2cc[nH]c12. The van der Waals surface area contributed by atoms with Gasteiger partial charge in [0.15, 0.2) is 0 Å².